The predicted octanol–water partition coefficient (Wildman–Crippen LogP) is 4.18. The number of rotatable bonds is 9. The Bertz CT molecular complexity index is 1230. The molecule has 0 aliphatic rings. The molecular formula is C28H35N5O3. The van der Waals surface area contributed by atoms with Gasteiger partial charge in [0.1, 0.15) is 17.6 Å². The summed E-state index contributed by atoms with van der Waals surface area (Å²) in [7, 11) is 2.01. The van der Waals surface area contributed by atoms with Crippen molar-refractivity contribution in [2.45, 2.75) is 52.7 Å². The highest BCUT2D eigenvalue weighted by Gasteiger charge is 2.21. The molecule has 0 saturated heterocycles. The van der Waals surface area contributed by atoms with Crippen molar-refractivity contribution in [1.82, 2.24) is 20.0 Å². The zero-order valence-corrected chi connectivity index (χ0v) is 21.9. The monoisotopic (exact) mass is 489 g/mol. The molecule has 0 saturated carbocycles. The molecule has 1 aromatic heterocycles. The lowest BCUT2D eigenvalue weighted by Gasteiger charge is -2.22. The number of imidazole rings is 1. The minimum absolute atomic E-state index is 0.0499. The summed E-state index contributed by atoms with van der Waals surface area (Å²) in [4.78, 5) is 17.7. The molecule has 0 spiro atoms. The van der Waals surface area contributed by atoms with Crippen LogP contribution in [0.2, 0.25) is 0 Å². The molecule has 3 aromatic rings. The lowest BCUT2D eigenvalue weighted by Crippen LogP contribution is -2.43. The zero-order valence-electron chi connectivity index (χ0n) is 21.9. The number of nitrogens with zero attached hydrogens (tertiary/aromatic N) is 4. The average Bonchev–Trinajstić information content (AvgIpc) is 3.21. The normalized spacial score (nSPS) is 11.6. The van der Waals surface area contributed by atoms with Crippen LogP contribution in [0.4, 0.5) is 0 Å². The van der Waals surface area contributed by atoms with E-state index >= 15 is 0 Å². The number of aliphatic hydroxyl groups is 1. The topological polar surface area (TPSA) is 103 Å². The largest absolute Gasteiger partial charge is 0.490 e. The molecule has 8 nitrogen and oxygen atoms in total. The van der Waals surface area contributed by atoms with Crippen LogP contribution < -0.4 is 10.2 Å². The highest BCUT2D eigenvalue weighted by atomic mass is 16.5. The van der Waals surface area contributed by atoms with Gasteiger partial charge in [0.05, 0.1) is 24.0 Å². The number of aliphatic hydroxyl groups excluding tert-OH is 1. The molecule has 0 atom stereocenters. The van der Waals surface area contributed by atoms with E-state index in [9.17, 15) is 15.2 Å². The highest BCUT2D eigenvalue weighted by molar-refractivity contribution is 5.94. The Morgan fingerprint density at radius 3 is 2.47 bits per heavy atom. The first-order chi connectivity index (χ1) is 17.0. The molecule has 1 heterocycles. The van der Waals surface area contributed by atoms with E-state index in [-0.39, 0.29) is 30.6 Å². The van der Waals surface area contributed by atoms with E-state index in [0.717, 1.165) is 22.6 Å². The number of carbonyl (C=O) groups excluding carboxylic acids is 1. The Morgan fingerprint density at radius 1 is 1.22 bits per heavy atom. The summed E-state index contributed by atoms with van der Waals surface area (Å²) in [6, 6.07) is 14.8. The van der Waals surface area contributed by atoms with Gasteiger partial charge in [0, 0.05) is 42.9 Å². The second kappa shape index (κ2) is 11.4. The molecule has 8 heteroatoms. The van der Waals surface area contributed by atoms with Gasteiger partial charge in [-0.25, -0.2) is 9.99 Å². The molecule has 0 fully saturated rings. The van der Waals surface area contributed by atoms with Crippen LogP contribution >= 0.6 is 0 Å². The number of hydrogen-bond donors (Lipinski definition) is 2. The van der Waals surface area contributed by atoms with Gasteiger partial charge in [0.2, 0.25) is 0 Å². The van der Waals surface area contributed by atoms with Gasteiger partial charge >= 0.3 is 0 Å². The van der Waals surface area contributed by atoms with Crippen molar-refractivity contribution in [3.63, 3.8) is 0 Å². The van der Waals surface area contributed by atoms with Crippen LogP contribution in [0.25, 0.3) is 11.3 Å². The number of benzene rings is 2. The second-order valence-corrected chi connectivity index (χ2v) is 10.1. The number of aryl methyl sites for hydroxylation is 1. The Labute approximate surface area is 213 Å². The van der Waals surface area contributed by atoms with Gasteiger partial charge in [0.25, 0.3) is 5.91 Å². The molecule has 0 aliphatic heterocycles. The van der Waals surface area contributed by atoms with Crippen LogP contribution in [-0.2, 0) is 19.0 Å². The molecular weight excluding hydrogens is 454 g/mol. The summed E-state index contributed by atoms with van der Waals surface area (Å²) in [5, 5.41) is 20.6. The number of nitrogens with one attached hydrogen (secondary N) is 1. The number of carbonyl (C=O) groups is 1. The zero-order chi connectivity index (χ0) is 26.5. The van der Waals surface area contributed by atoms with Crippen molar-refractivity contribution in [2.75, 3.05) is 13.2 Å². The number of aromatic nitrogens is 2. The van der Waals surface area contributed by atoms with Crippen LogP contribution in [-0.4, -0.2) is 44.8 Å². The summed E-state index contributed by atoms with van der Waals surface area (Å²) in [6.07, 6.45) is 1.95. The molecule has 2 N–H and O–H groups in total. The summed E-state index contributed by atoms with van der Waals surface area (Å²) in [5.41, 5.74) is 6.31. The van der Waals surface area contributed by atoms with Gasteiger partial charge < -0.3 is 14.4 Å². The van der Waals surface area contributed by atoms with Gasteiger partial charge in [-0.3, -0.25) is 10.2 Å². The molecule has 0 aliphatic carbocycles. The highest BCUT2D eigenvalue weighted by Crippen LogP contribution is 2.26. The fourth-order valence-corrected chi connectivity index (χ4v) is 3.92. The first-order valence-electron chi connectivity index (χ1n) is 12.0. The molecule has 36 heavy (non-hydrogen) atoms. The molecule has 0 unspecified atom stereocenters. The Morgan fingerprint density at radius 2 is 1.92 bits per heavy atom. The molecule has 0 bridgehead atoms. The van der Waals surface area contributed by atoms with E-state index in [1.54, 1.807) is 17.1 Å². The SMILES string of the molecule is CC(C)Oc1ccc(C(=O)NN(CCO)Cc2ccc(-c3cn(C)c(C(C)(C)C)n3)cc2)cc1C#N. The molecule has 1 amide bonds. The molecule has 3 rings (SSSR count). The third kappa shape index (κ3) is 6.72. The number of hydrazine groups is 1. The first-order valence-corrected chi connectivity index (χ1v) is 12.0. The van der Waals surface area contributed by atoms with Crippen molar-refractivity contribution < 1.29 is 14.6 Å². The predicted molar refractivity (Wildman–Crippen MR) is 139 cm³/mol. The van der Waals surface area contributed by atoms with Crippen LogP contribution in [0.15, 0.2) is 48.7 Å². The lowest BCUT2D eigenvalue weighted by molar-refractivity contribution is 0.0732. The fourth-order valence-electron chi connectivity index (χ4n) is 3.92. The van der Waals surface area contributed by atoms with Crippen LogP contribution in [0.3, 0.4) is 0 Å². The Balaban J connectivity index is 1.72. The van der Waals surface area contributed by atoms with Crippen LogP contribution in [0, 0.1) is 11.3 Å². The first kappa shape index (κ1) is 26.9. The van der Waals surface area contributed by atoms with Crippen LogP contribution in [0.5, 0.6) is 5.75 Å². The van der Waals surface area contributed by atoms with Crippen molar-refractivity contribution >= 4 is 5.91 Å². The minimum Gasteiger partial charge on any atom is -0.490 e. The summed E-state index contributed by atoms with van der Waals surface area (Å²) in [6.45, 7) is 10.7. The van der Waals surface area contributed by atoms with Gasteiger partial charge in [-0.2, -0.15) is 5.26 Å². The van der Waals surface area contributed by atoms with Gasteiger partial charge in [-0.1, -0.05) is 45.0 Å². The molecule has 190 valence electrons. The maximum atomic E-state index is 12.9. The van der Waals surface area contributed by atoms with Gasteiger partial charge in [-0.15, -0.1) is 0 Å². The third-order valence-corrected chi connectivity index (χ3v) is 5.52. The summed E-state index contributed by atoms with van der Waals surface area (Å²) >= 11 is 0. The molecule has 0 radical (unpaired) electrons. The fraction of sp³-hybridized carbons (Fsp3) is 0.393. The average molecular weight is 490 g/mol. The van der Waals surface area contributed by atoms with Crippen molar-refractivity contribution in [1.29, 1.82) is 5.26 Å². The second-order valence-electron chi connectivity index (χ2n) is 10.1. The molecule has 2 aromatic carbocycles. The van der Waals surface area contributed by atoms with E-state index < -0.39 is 0 Å². The van der Waals surface area contributed by atoms with Crippen molar-refractivity contribution in [2.24, 2.45) is 7.05 Å². The van der Waals surface area contributed by atoms with E-state index in [0.29, 0.717) is 23.4 Å². The maximum Gasteiger partial charge on any atom is 0.265 e. The van der Waals surface area contributed by atoms with Gasteiger partial charge in [0.15, 0.2) is 0 Å². The van der Waals surface area contributed by atoms with E-state index in [1.165, 1.54) is 6.07 Å². The summed E-state index contributed by atoms with van der Waals surface area (Å²) < 4.78 is 7.69. The van der Waals surface area contributed by atoms with Crippen molar-refractivity contribution in [3.05, 3.63) is 71.2 Å². The lowest BCUT2D eigenvalue weighted by atomic mass is 9.96. The van der Waals surface area contributed by atoms with E-state index in [1.807, 2.05) is 51.4 Å². The standard InChI is InChI=1S/C28H35N5O3/c1-19(2)36-25-12-11-22(15-23(25)16-29)26(35)31-33(13-14-34)17-20-7-9-21(10-8-20)24-18-32(6)27(30-24)28(3,4)5/h7-12,15,18-19,34H,13-14,17H2,1-6H3,(H,31,35). The quantitative estimate of drug-likeness (QED) is 0.437. The third-order valence-electron chi connectivity index (χ3n) is 5.52. The smallest absolute Gasteiger partial charge is 0.265 e. The minimum atomic E-state index is -0.365. The summed E-state index contributed by atoms with van der Waals surface area (Å²) in [5.74, 6) is 1.09. The number of amides is 1. The number of hydrogen-bond acceptors (Lipinski definition) is 6. The van der Waals surface area contributed by atoms with Crippen LogP contribution in [0.1, 0.15) is 61.9 Å². The van der Waals surface area contributed by atoms with E-state index in [4.69, 9.17) is 9.72 Å². The Hall–Kier alpha value is -3.67. The Kier molecular flexibility index (Phi) is 8.51. The number of ether oxygens (including phenoxy) is 1. The van der Waals surface area contributed by atoms with Gasteiger partial charge in [-0.05, 0) is 37.6 Å². The maximum absolute atomic E-state index is 12.9. The van der Waals surface area contributed by atoms with E-state index in [2.05, 4.69) is 36.8 Å². The number of nitriles is 1. The van der Waals surface area contributed by atoms with Crippen molar-refractivity contribution in [3.8, 4) is 23.1 Å².